The van der Waals surface area contributed by atoms with E-state index < -0.39 is 0 Å². The predicted octanol–water partition coefficient (Wildman–Crippen LogP) is 16.2. The third-order valence-electron chi connectivity index (χ3n) is 11.5. The number of benzene rings is 9. The molecule has 11 aromatic rings. The molecule has 0 aliphatic carbocycles. The second-order valence-corrected chi connectivity index (χ2v) is 16.3. The molecule has 11 rings (SSSR count). The summed E-state index contributed by atoms with van der Waals surface area (Å²) < 4.78 is 2.32. The van der Waals surface area contributed by atoms with Gasteiger partial charge in [-0.3, -0.25) is 0 Å². The highest BCUT2D eigenvalue weighted by atomic mass is 32.1. The van der Waals surface area contributed by atoms with E-state index in [1.54, 1.807) is 11.3 Å². The van der Waals surface area contributed by atoms with Crippen molar-refractivity contribution in [3.05, 3.63) is 231 Å². The number of rotatable bonds is 8. The van der Waals surface area contributed by atoms with E-state index in [2.05, 4.69) is 231 Å². The normalized spacial score (nSPS) is 11.3. The standard InChI is InChI=1S/C58H38N2S/c1-6-20-39(21-7-1)49-38-50(53(41-24-10-3-11-25-41)54(42-26-12-4-13-27-42)52(49)40-22-8-2-9-23-40)46-32-18-30-44(36-46)45-31-19-33-47(37-45)58-59-55(43-28-14-5-15-29-43)57-56(60-58)48-34-16-17-35-51(48)61-57/h1-38H. The van der Waals surface area contributed by atoms with Crippen LogP contribution in [0.5, 0.6) is 0 Å². The molecule has 2 nitrogen and oxygen atoms in total. The van der Waals surface area contributed by atoms with E-state index in [1.165, 1.54) is 54.8 Å². The lowest BCUT2D eigenvalue weighted by Gasteiger charge is -2.24. The van der Waals surface area contributed by atoms with Crippen LogP contribution in [0.25, 0.3) is 110 Å². The summed E-state index contributed by atoms with van der Waals surface area (Å²) in [5, 5.41) is 1.16. The zero-order valence-corrected chi connectivity index (χ0v) is 34.1. The van der Waals surface area contributed by atoms with Gasteiger partial charge in [-0.05, 0) is 91.0 Å². The molecule has 0 saturated heterocycles. The first-order chi connectivity index (χ1) is 30.3. The molecule has 0 bridgehead atoms. The van der Waals surface area contributed by atoms with Gasteiger partial charge in [0.2, 0.25) is 0 Å². The summed E-state index contributed by atoms with van der Waals surface area (Å²) in [7, 11) is 0. The van der Waals surface area contributed by atoms with Gasteiger partial charge >= 0.3 is 0 Å². The van der Waals surface area contributed by atoms with Crippen molar-refractivity contribution >= 4 is 31.6 Å². The Labute approximate surface area is 359 Å². The SMILES string of the molecule is c1ccc(-c2cc(-c3cccc(-c4cccc(-c5nc(-c6ccccc6)c6sc7ccccc7c6n5)c4)c3)c(-c3ccccc3)c(-c3ccccc3)c2-c2ccccc2)cc1. The average molecular weight is 795 g/mol. The summed E-state index contributed by atoms with van der Waals surface area (Å²) in [5.41, 5.74) is 18.1. The van der Waals surface area contributed by atoms with E-state index in [4.69, 9.17) is 9.97 Å². The van der Waals surface area contributed by atoms with Gasteiger partial charge in [0.15, 0.2) is 5.82 Å². The van der Waals surface area contributed by atoms with Gasteiger partial charge in [-0.15, -0.1) is 11.3 Å². The lowest BCUT2D eigenvalue weighted by Crippen LogP contribution is -1.98. The highest BCUT2D eigenvalue weighted by Gasteiger charge is 2.24. The Hall–Kier alpha value is -7.72. The van der Waals surface area contributed by atoms with Crippen LogP contribution < -0.4 is 0 Å². The molecule has 0 unspecified atom stereocenters. The van der Waals surface area contributed by atoms with Gasteiger partial charge in [0.25, 0.3) is 0 Å². The first-order valence-corrected chi connectivity index (χ1v) is 21.5. The Morgan fingerprint density at radius 3 is 1.31 bits per heavy atom. The van der Waals surface area contributed by atoms with Crippen LogP contribution in [-0.2, 0) is 0 Å². The smallest absolute Gasteiger partial charge is 0.160 e. The minimum Gasteiger partial charge on any atom is -0.226 e. The van der Waals surface area contributed by atoms with Crippen molar-refractivity contribution in [2.75, 3.05) is 0 Å². The summed E-state index contributed by atoms with van der Waals surface area (Å²) in [6.45, 7) is 0. The monoisotopic (exact) mass is 794 g/mol. The molecule has 0 radical (unpaired) electrons. The number of hydrogen-bond acceptors (Lipinski definition) is 3. The molecule has 0 aliphatic heterocycles. The molecule has 61 heavy (non-hydrogen) atoms. The van der Waals surface area contributed by atoms with Crippen LogP contribution in [0, 0.1) is 0 Å². The van der Waals surface area contributed by atoms with Gasteiger partial charge in [0.05, 0.1) is 15.9 Å². The van der Waals surface area contributed by atoms with E-state index >= 15 is 0 Å². The number of fused-ring (bicyclic) bond motifs is 3. The summed E-state index contributed by atoms with van der Waals surface area (Å²) in [4.78, 5) is 10.6. The van der Waals surface area contributed by atoms with Crippen LogP contribution in [-0.4, -0.2) is 9.97 Å². The van der Waals surface area contributed by atoms with Gasteiger partial charge in [-0.25, -0.2) is 9.97 Å². The van der Waals surface area contributed by atoms with Gasteiger partial charge in [0, 0.05) is 21.2 Å². The van der Waals surface area contributed by atoms with Gasteiger partial charge in [-0.2, -0.15) is 0 Å². The Balaban J connectivity index is 1.12. The second kappa shape index (κ2) is 15.8. The number of thiophene rings is 1. The number of aromatic nitrogens is 2. The maximum absolute atomic E-state index is 5.29. The molecule has 286 valence electrons. The Morgan fingerprint density at radius 1 is 0.295 bits per heavy atom. The van der Waals surface area contributed by atoms with Crippen molar-refractivity contribution in [2.45, 2.75) is 0 Å². The molecule has 0 aliphatic rings. The van der Waals surface area contributed by atoms with Crippen molar-refractivity contribution in [2.24, 2.45) is 0 Å². The predicted molar refractivity (Wildman–Crippen MR) is 258 cm³/mol. The molecule has 0 atom stereocenters. The molecule has 3 heteroatoms. The van der Waals surface area contributed by atoms with Crippen molar-refractivity contribution in [3.63, 3.8) is 0 Å². The fraction of sp³-hybridized carbons (Fsp3) is 0. The third kappa shape index (κ3) is 6.81. The molecular weight excluding hydrogens is 757 g/mol. The maximum atomic E-state index is 5.29. The summed E-state index contributed by atoms with van der Waals surface area (Å²) in [5.74, 6) is 0.718. The third-order valence-corrected chi connectivity index (χ3v) is 12.7. The summed E-state index contributed by atoms with van der Waals surface area (Å²) in [6, 6.07) is 82.6. The molecule has 9 aromatic carbocycles. The lowest BCUT2D eigenvalue weighted by molar-refractivity contribution is 1.24. The van der Waals surface area contributed by atoms with Gasteiger partial charge in [-0.1, -0.05) is 206 Å². The minimum atomic E-state index is 0.718. The largest absolute Gasteiger partial charge is 0.226 e. The van der Waals surface area contributed by atoms with Crippen molar-refractivity contribution in [1.29, 1.82) is 0 Å². The van der Waals surface area contributed by atoms with E-state index in [9.17, 15) is 0 Å². The highest BCUT2D eigenvalue weighted by Crippen LogP contribution is 2.50. The fourth-order valence-electron chi connectivity index (χ4n) is 8.67. The zero-order chi connectivity index (χ0) is 40.5. The lowest BCUT2D eigenvalue weighted by atomic mass is 9.78. The van der Waals surface area contributed by atoms with Crippen LogP contribution in [0.15, 0.2) is 231 Å². The molecule has 2 aromatic heterocycles. The Bertz CT molecular complexity index is 3320. The van der Waals surface area contributed by atoms with Crippen LogP contribution in [0.4, 0.5) is 0 Å². The number of hydrogen-bond donors (Lipinski definition) is 0. The average Bonchev–Trinajstić information content (AvgIpc) is 3.73. The molecule has 0 amide bonds. The van der Waals surface area contributed by atoms with Crippen LogP contribution >= 0.6 is 11.3 Å². The Kier molecular flexibility index (Phi) is 9.42. The molecule has 0 saturated carbocycles. The maximum Gasteiger partial charge on any atom is 0.160 e. The minimum absolute atomic E-state index is 0.718. The highest BCUT2D eigenvalue weighted by molar-refractivity contribution is 7.26. The zero-order valence-electron chi connectivity index (χ0n) is 33.2. The van der Waals surface area contributed by atoms with Crippen molar-refractivity contribution in [1.82, 2.24) is 9.97 Å². The second-order valence-electron chi connectivity index (χ2n) is 15.3. The first kappa shape index (κ1) is 36.4. The molecule has 0 fully saturated rings. The fourth-order valence-corrected chi connectivity index (χ4v) is 9.83. The van der Waals surface area contributed by atoms with E-state index in [1.807, 2.05) is 0 Å². The molecule has 0 N–H and O–H groups in total. The quantitative estimate of drug-likeness (QED) is 0.153. The van der Waals surface area contributed by atoms with Crippen LogP contribution in [0.1, 0.15) is 0 Å². The van der Waals surface area contributed by atoms with E-state index in [0.717, 1.165) is 54.9 Å². The van der Waals surface area contributed by atoms with Gasteiger partial charge in [0.1, 0.15) is 0 Å². The molecule has 2 heterocycles. The molecule has 0 spiro atoms. The van der Waals surface area contributed by atoms with E-state index in [-0.39, 0.29) is 0 Å². The summed E-state index contributed by atoms with van der Waals surface area (Å²) in [6.07, 6.45) is 0. The van der Waals surface area contributed by atoms with Crippen molar-refractivity contribution < 1.29 is 0 Å². The number of nitrogens with zero attached hydrogens (tertiary/aromatic N) is 2. The van der Waals surface area contributed by atoms with E-state index in [0.29, 0.717) is 0 Å². The van der Waals surface area contributed by atoms with Crippen LogP contribution in [0.3, 0.4) is 0 Å². The Morgan fingerprint density at radius 2 is 0.721 bits per heavy atom. The molecular formula is C58H38N2S. The van der Waals surface area contributed by atoms with Crippen molar-refractivity contribution in [3.8, 4) is 89.4 Å². The first-order valence-electron chi connectivity index (χ1n) is 20.7. The topological polar surface area (TPSA) is 25.8 Å². The van der Waals surface area contributed by atoms with Crippen LogP contribution in [0.2, 0.25) is 0 Å². The van der Waals surface area contributed by atoms with Gasteiger partial charge < -0.3 is 0 Å². The summed E-state index contributed by atoms with van der Waals surface area (Å²) >= 11 is 1.76.